The molecule has 2 nitrogen and oxygen atoms in total. The molecule has 1 N–H and O–H groups in total. The predicted octanol–water partition coefficient (Wildman–Crippen LogP) is 3.66. The highest BCUT2D eigenvalue weighted by Gasteiger charge is 2.28. The van der Waals surface area contributed by atoms with E-state index in [1.165, 1.54) is 30.6 Å². The molecule has 112 valence electrons. The highest BCUT2D eigenvalue weighted by molar-refractivity contribution is 5.22. The van der Waals surface area contributed by atoms with E-state index in [1.807, 2.05) is 0 Å². The summed E-state index contributed by atoms with van der Waals surface area (Å²) in [5.41, 5.74) is 3.33. The van der Waals surface area contributed by atoms with Gasteiger partial charge in [-0.25, -0.2) is 0 Å². The second-order valence-electron chi connectivity index (χ2n) is 7.47. The van der Waals surface area contributed by atoms with Crippen molar-refractivity contribution < 1.29 is 0 Å². The van der Waals surface area contributed by atoms with Gasteiger partial charge in [0.2, 0.25) is 0 Å². The average molecular weight is 274 g/mol. The molecule has 0 aromatic heterocycles. The minimum atomic E-state index is 0.501. The topological polar surface area (TPSA) is 15.3 Å². The number of likely N-dealkylation sites (tertiary alicyclic amines) is 1. The third kappa shape index (κ3) is 4.92. The molecule has 0 atom stereocenters. The van der Waals surface area contributed by atoms with E-state index in [4.69, 9.17) is 0 Å². The third-order valence-corrected chi connectivity index (χ3v) is 4.07. The lowest BCUT2D eigenvalue weighted by Crippen LogP contribution is -2.23. The van der Waals surface area contributed by atoms with Gasteiger partial charge in [-0.15, -0.1) is 0 Å². The smallest absolute Gasteiger partial charge is 0.0233 e. The van der Waals surface area contributed by atoms with Gasteiger partial charge in [0.05, 0.1) is 0 Å². The van der Waals surface area contributed by atoms with Crippen LogP contribution in [-0.2, 0) is 13.1 Å². The van der Waals surface area contributed by atoms with Crippen molar-refractivity contribution in [1.29, 1.82) is 0 Å². The number of nitrogens with one attached hydrogen (secondary N) is 1. The molecular formula is C18H30N2. The fraction of sp³-hybridized carbons (Fsp3) is 0.667. The number of hydrogen-bond acceptors (Lipinski definition) is 2. The van der Waals surface area contributed by atoms with Crippen LogP contribution in [0.5, 0.6) is 0 Å². The van der Waals surface area contributed by atoms with E-state index in [1.54, 1.807) is 0 Å². The first-order valence-electron chi connectivity index (χ1n) is 7.95. The zero-order chi connectivity index (χ0) is 14.6. The van der Waals surface area contributed by atoms with Gasteiger partial charge < -0.3 is 5.32 Å². The molecule has 0 spiro atoms. The van der Waals surface area contributed by atoms with Gasteiger partial charge in [-0.05, 0) is 42.0 Å². The van der Waals surface area contributed by atoms with Crippen molar-refractivity contribution in [2.75, 3.05) is 19.6 Å². The number of rotatable bonds is 6. The van der Waals surface area contributed by atoms with Crippen LogP contribution in [0.25, 0.3) is 0 Å². The van der Waals surface area contributed by atoms with E-state index in [-0.39, 0.29) is 0 Å². The maximum atomic E-state index is 3.49. The maximum Gasteiger partial charge on any atom is 0.0233 e. The quantitative estimate of drug-likeness (QED) is 0.851. The van der Waals surface area contributed by atoms with Gasteiger partial charge >= 0.3 is 0 Å². The lowest BCUT2D eigenvalue weighted by molar-refractivity contribution is 0.284. The standard InChI is InChI=1S/C18H30N2/c1-15(2)11-19-12-16-5-7-17(8-6-16)13-20-10-9-18(3,4)14-20/h5-8,15,19H,9-14H2,1-4H3. The Hall–Kier alpha value is -0.860. The van der Waals surface area contributed by atoms with Crippen LogP contribution in [0.1, 0.15) is 45.2 Å². The Balaban J connectivity index is 1.80. The molecule has 1 aliphatic heterocycles. The van der Waals surface area contributed by atoms with Crippen LogP contribution in [-0.4, -0.2) is 24.5 Å². The Bertz CT molecular complexity index is 406. The molecule has 0 amide bonds. The minimum Gasteiger partial charge on any atom is -0.312 e. The molecule has 1 fully saturated rings. The van der Waals surface area contributed by atoms with Crippen LogP contribution < -0.4 is 5.32 Å². The van der Waals surface area contributed by atoms with E-state index < -0.39 is 0 Å². The van der Waals surface area contributed by atoms with E-state index in [9.17, 15) is 0 Å². The second-order valence-corrected chi connectivity index (χ2v) is 7.47. The fourth-order valence-corrected chi connectivity index (χ4v) is 2.89. The molecule has 1 aromatic carbocycles. The molecule has 1 heterocycles. The Kier molecular flexibility index (Phi) is 5.22. The van der Waals surface area contributed by atoms with Crippen molar-refractivity contribution in [2.45, 2.75) is 47.2 Å². The minimum absolute atomic E-state index is 0.501. The number of benzene rings is 1. The molecular weight excluding hydrogens is 244 g/mol. The van der Waals surface area contributed by atoms with Crippen molar-refractivity contribution in [3.63, 3.8) is 0 Å². The molecule has 20 heavy (non-hydrogen) atoms. The number of nitrogens with zero attached hydrogens (tertiary/aromatic N) is 1. The number of hydrogen-bond donors (Lipinski definition) is 1. The predicted molar refractivity (Wildman–Crippen MR) is 86.7 cm³/mol. The molecule has 1 aromatic rings. The summed E-state index contributed by atoms with van der Waals surface area (Å²) in [6, 6.07) is 9.11. The van der Waals surface area contributed by atoms with Crippen molar-refractivity contribution in [1.82, 2.24) is 10.2 Å². The Morgan fingerprint density at radius 2 is 1.80 bits per heavy atom. The Morgan fingerprint density at radius 1 is 1.15 bits per heavy atom. The van der Waals surface area contributed by atoms with Crippen LogP contribution in [0.15, 0.2) is 24.3 Å². The summed E-state index contributed by atoms with van der Waals surface area (Å²) in [5, 5.41) is 3.49. The van der Waals surface area contributed by atoms with Crippen molar-refractivity contribution in [3.8, 4) is 0 Å². The Labute approximate surface area is 124 Å². The molecule has 0 bridgehead atoms. The molecule has 1 aliphatic rings. The summed E-state index contributed by atoms with van der Waals surface area (Å²) in [7, 11) is 0. The van der Waals surface area contributed by atoms with E-state index >= 15 is 0 Å². The lowest BCUT2D eigenvalue weighted by Gasteiger charge is -2.19. The molecule has 0 radical (unpaired) electrons. The fourth-order valence-electron chi connectivity index (χ4n) is 2.89. The van der Waals surface area contributed by atoms with Gasteiger partial charge in [0.15, 0.2) is 0 Å². The SMILES string of the molecule is CC(C)CNCc1ccc(CN2CCC(C)(C)C2)cc1. The zero-order valence-electron chi connectivity index (χ0n) is 13.6. The van der Waals surface area contributed by atoms with Gasteiger partial charge in [-0.2, -0.15) is 0 Å². The van der Waals surface area contributed by atoms with Crippen LogP contribution in [0.2, 0.25) is 0 Å². The summed E-state index contributed by atoms with van der Waals surface area (Å²) < 4.78 is 0. The molecule has 1 saturated heterocycles. The zero-order valence-corrected chi connectivity index (χ0v) is 13.6. The molecule has 0 saturated carbocycles. The van der Waals surface area contributed by atoms with Crippen LogP contribution >= 0.6 is 0 Å². The van der Waals surface area contributed by atoms with Gasteiger partial charge in [-0.3, -0.25) is 4.90 Å². The van der Waals surface area contributed by atoms with Crippen molar-refractivity contribution in [3.05, 3.63) is 35.4 Å². The van der Waals surface area contributed by atoms with Crippen LogP contribution in [0.3, 0.4) is 0 Å². The lowest BCUT2D eigenvalue weighted by atomic mass is 9.93. The monoisotopic (exact) mass is 274 g/mol. The average Bonchev–Trinajstić information content (AvgIpc) is 2.70. The van der Waals surface area contributed by atoms with Crippen LogP contribution in [0, 0.1) is 11.3 Å². The van der Waals surface area contributed by atoms with Crippen LogP contribution in [0.4, 0.5) is 0 Å². The first-order chi connectivity index (χ1) is 9.44. The third-order valence-electron chi connectivity index (χ3n) is 4.07. The summed E-state index contributed by atoms with van der Waals surface area (Å²) in [4.78, 5) is 2.58. The molecule has 0 unspecified atom stereocenters. The molecule has 2 rings (SSSR count). The molecule has 0 aliphatic carbocycles. The summed E-state index contributed by atoms with van der Waals surface area (Å²) >= 11 is 0. The summed E-state index contributed by atoms with van der Waals surface area (Å²) in [6.07, 6.45) is 1.32. The highest BCUT2D eigenvalue weighted by atomic mass is 15.1. The first kappa shape index (κ1) is 15.5. The highest BCUT2D eigenvalue weighted by Crippen LogP contribution is 2.29. The van der Waals surface area contributed by atoms with Gasteiger partial charge in [-0.1, -0.05) is 52.0 Å². The van der Waals surface area contributed by atoms with Crippen molar-refractivity contribution >= 4 is 0 Å². The van der Waals surface area contributed by atoms with E-state index in [0.717, 1.165) is 19.6 Å². The maximum absolute atomic E-state index is 3.49. The van der Waals surface area contributed by atoms with E-state index in [0.29, 0.717) is 11.3 Å². The largest absolute Gasteiger partial charge is 0.312 e. The Morgan fingerprint density at radius 3 is 2.35 bits per heavy atom. The van der Waals surface area contributed by atoms with E-state index in [2.05, 4.69) is 62.2 Å². The molecule has 2 heteroatoms. The summed E-state index contributed by atoms with van der Waals surface area (Å²) in [6.45, 7) is 14.9. The van der Waals surface area contributed by atoms with Gasteiger partial charge in [0.25, 0.3) is 0 Å². The first-order valence-corrected chi connectivity index (χ1v) is 7.95. The normalized spacial score (nSPS) is 18.9. The summed E-state index contributed by atoms with van der Waals surface area (Å²) in [5.74, 6) is 0.716. The van der Waals surface area contributed by atoms with Crippen molar-refractivity contribution in [2.24, 2.45) is 11.3 Å². The van der Waals surface area contributed by atoms with Gasteiger partial charge in [0, 0.05) is 19.6 Å². The second kappa shape index (κ2) is 6.73. The van der Waals surface area contributed by atoms with Gasteiger partial charge in [0.1, 0.15) is 0 Å².